The molecule has 0 aliphatic rings. The molecule has 0 bridgehead atoms. The van der Waals surface area contributed by atoms with Crippen LogP contribution in [0.1, 0.15) is 17.2 Å². The first-order valence-electron chi connectivity index (χ1n) is 6.27. The smallest absolute Gasteiger partial charge is 0.124 e. The summed E-state index contributed by atoms with van der Waals surface area (Å²) in [4.78, 5) is 0. The molecule has 1 aromatic heterocycles. The van der Waals surface area contributed by atoms with Crippen LogP contribution in [0.2, 0.25) is 0 Å². The molecule has 4 heteroatoms. The number of rotatable bonds is 7. The molecule has 3 nitrogen and oxygen atoms in total. The molecular formula is C15H19NO2S. The summed E-state index contributed by atoms with van der Waals surface area (Å²) in [6.07, 6.45) is 0. The molecule has 0 spiro atoms. The Balaban J connectivity index is 2.22. The van der Waals surface area contributed by atoms with Gasteiger partial charge in [0.05, 0.1) is 12.6 Å². The van der Waals surface area contributed by atoms with Gasteiger partial charge in [-0.25, -0.2) is 0 Å². The van der Waals surface area contributed by atoms with E-state index < -0.39 is 0 Å². The lowest BCUT2D eigenvalue weighted by Crippen LogP contribution is -2.18. The second-order valence-corrected chi connectivity index (χ2v) is 4.94. The molecule has 0 fully saturated rings. The molecule has 0 aliphatic carbocycles. The number of benzene rings is 1. The van der Waals surface area contributed by atoms with Crippen LogP contribution in [0.3, 0.4) is 0 Å². The van der Waals surface area contributed by atoms with Crippen molar-refractivity contribution < 1.29 is 9.47 Å². The van der Waals surface area contributed by atoms with E-state index in [9.17, 15) is 0 Å². The van der Waals surface area contributed by atoms with Gasteiger partial charge in [0.1, 0.15) is 12.4 Å². The molecular weight excluding hydrogens is 258 g/mol. The van der Waals surface area contributed by atoms with Crippen molar-refractivity contribution in [2.75, 3.05) is 27.4 Å². The molecule has 0 aliphatic heterocycles. The molecule has 19 heavy (non-hydrogen) atoms. The minimum absolute atomic E-state index is 0.157. The highest BCUT2D eigenvalue weighted by atomic mass is 32.1. The first-order valence-corrected chi connectivity index (χ1v) is 7.21. The van der Waals surface area contributed by atoms with Gasteiger partial charge in [-0.3, -0.25) is 0 Å². The maximum Gasteiger partial charge on any atom is 0.124 e. The van der Waals surface area contributed by atoms with Crippen molar-refractivity contribution in [1.29, 1.82) is 0 Å². The van der Waals surface area contributed by atoms with Crippen molar-refractivity contribution >= 4 is 11.3 Å². The van der Waals surface area contributed by atoms with Gasteiger partial charge in [-0.1, -0.05) is 18.2 Å². The Bertz CT molecular complexity index is 485. The maximum absolute atomic E-state index is 5.80. The van der Waals surface area contributed by atoms with Gasteiger partial charge in [0.2, 0.25) is 0 Å². The minimum atomic E-state index is 0.157. The van der Waals surface area contributed by atoms with Crippen molar-refractivity contribution in [3.8, 4) is 5.75 Å². The first-order chi connectivity index (χ1) is 9.36. The highest BCUT2D eigenvalue weighted by Crippen LogP contribution is 2.30. The quantitative estimate of drug-likeness (QED) is 0.789. The van der Waals surface area contributed by atoms with Crippen LogP contribution in [0, 0.1) is 0 Å². The Labute approximate surface area is 118 Å². The molecule has 1 aromatic carbocycles. The number of methoxy groups -OCH3 is 1. The molecule has 1 heterocycles. The second kappa shape index (κ2) is 7.28. The van der Waals surface area contributed by atoms with Gasteiger partial charge < -0.3 is 14.8 Å². The summed E-state index contributed by atoms with van der Waals surface area (Å²) >= 11 is 1.70. The van der Waals surface area contributed by atoms with E-state index in [1.54, 1.807) is 18.4 Å². The van der Waals surface area contributed by atoms with Crippen LogP contribution < -0.4 is 10.1 Å². The van der Waals surface area contributed by atoms with Gasteiger partial charge in [0, 0.05) is 12.7 Å². The molecule has 0 saturated carbocycles. The standard InChI is InChI=1S/C15H19NO2S/c1-16-15(12-7-10-19-11-12)13-5-3-4-6-14(13)18-9-8-17-2/h3-7,10-11,15-16H,8-9H2,1-2H3. The zero-order valence-electron chi connectivity index (χ0n) is 11.3. The van der Waals surface area contributed by atoms with E-state index in [0.717, 1.165) is 11.3 Å². The molecule has 0 saturated heterocycles. The maximum atomic E-state index is 5.80. The van der Waals surface area contributed by atoms with Crippen molar-refractivity contribution in [2.24, 2.45) is 0 Å². The summed E-state index contributed by atoms with van der Waals surface area (Å²) in [6, 6.07) is 10.4. The lowest BCUT2D eigenvalue weighted by Gasteiger charge is -2.19. The molecule has 1 atom stereocenters. The summed E-state index contributed by atoms with van der Waals surface area (Å²) in [6.45, 7) is 1.16. The van der Waals surface area contributed by atoms with E-state index in [2.05, 4.69) is 28.2 Å². The molecule has 0 radical (unpaired) electrons. The average Bonchev–Trinajstić information content (AvgIpc) is 2.96. The largest absolute Gasteiger partial charge is 0.491 e. The van der Waals surface area contributed by atoms with Gasteiger partial charge >= 0.3 is 0 Å². The topological polar surface area (TPSA) is 30.5 Å². The van der Waals surface area contributed by atoms with Gasteiger partial charge in [0.15, 0.2) is 0 Å². The van der Waals surface area contributed by atoms with Crippen LogP contribution in [-0.2, 0) is 4.74 Å². The SMILES string of the molecule is CNC(c1ccsc1)c1ccccc1OCCOC. The highest BCUT2D eigenvalue weighted by molar-refractivity contribution is 7.08. The Morgan fingerprint density at radius 2 is 2.05 bits per heavy atom. The summed E-state index contributed by atoms with van der Waals surface area (Å²) in [5, 5.41) is 7.60. The molecule has 102 valence electrons. The van der Waals surface area contributed by atoms with Crippen molar-refractivity contribution in [2.45, 2.75) is 6.04 Å². The fraction of sp³-hybridized carbons (Fsp3) is 0.333. The van der Waals surface area contributed by atoms with Crippen molar-refractivity contribution in [3.63, 3.8) is 0 Å². The van der Waals surface area contributed by atoms with Crippen LogP contribution in [0.15, 0.2) is 41.1 Å². The summed E-state index contributed by atoms with van der Waals surface area (Å²) in [7, 11) is 3.64. The van der Waals surface area contributed by atoms with Gasteiger partial charge in [0.25, 0.3) is 0 Å². The fourth-order valence-electron chi connectivity index (χ4n) is 2.03. The predicted octanol–water partition coefficient (Wildman–Crippen LogP) is 3.08. The molecule has 0 amide bonds. The third-order valence-electron chi connectivity index (χ3n) is 2.94. The molecule has 1 unspecified atom stereocenters. The van der Waals surface area contributed by atoms with E-state index in [1.807, 2.05) is 25.2 Å². The van der Waals surface area contributed by atoms with Crippen LogP contribution in [0.5, 0.6) is 5.75 Å². The van der Waals surface area contributed by atoms with E-state index in [4.69, 9.17) is 9.47 Å². The summed E-state index contributed by atoms with van der Waals surface area (Å²) in [5.74, 6) is 0.908. The summed E-state index contributed by atoms with van der Waals surface area (Å²) in [5.41, 5.74) is 2.41. The lowest BCUT2D eigenvalue weighted by atomic mass is 10.0. The van der Waals surface area contributed by atoms with Crippen LogP contribution >= 0.6 is 11.3 Å². The zero-order valence-corrected chi connectivity index (χ0v) is 12.1. The zero-order chi connectivity index (χ0) is 13.5. The second-order valence-electron chi connectivity index (χ2n) is 4.16. The molecule has 2 rings (SSSR count). The van der Waals surface area contributed by atoms with E-state index >= 15 is 0 Å². The van der Waals surface area contributed by atoms with E-state index in [-0.39, 0.29) is 6.04 Å². The number of ether oxygens (including phenoxy) is 2. The third-order valence-corrected chi connectivity index (χ3v) is 3.64. The minimum Gasteiger partial charge on any atom is -0.491 e. The average molecular weight is 277 g/mol. The summed E-state index contributed by atoms with van der Waals surface area (Å²) < 4.78 is 10.8. The lowest BCUT2D eigenvalue weighted by molar-refractivity contribution is 0.145. The Morgan fingerprint density at radius 1 is 1.21 bits per heavy atom. The van der Waals surface area contributed by atoms with Gasteiger partial charge in [-0.05, 0) is 35.5 Å². The van der Waals surface area contributed by atoms with Gasteiger partial charge in [-0.15, -0.1) is 0 Å². The van der Waals surface area contributed by atoms with Crippen LogP contribution in [0.25, 0.3) is 0 Å². The van der Waals surface area contributed by atoms with E-state index in [0.29, 0.717) is 13.2 Å². The number of thiophene rings is 1. The predicted molar refractivity (Wildman–Crippen MR) is 79.0 cm³/mol. The van der Waals surface area contributed by atoms with Crippen LogP contribution in [0.4, 0.5) is 0 Å². The van der Waals surface area contributed by atoms with Crippen LogP contribution in [-0.4, -0.2) is 27.4 Å². The van der Waals surface area contributed by atoms with Crippen molar-refractivity contribution in [1.82, 2.24) is 5.32 Å². The number of hydrogen-bond acceptors (Lipinski definition) is 4. The Hall–Kier alpha value is -1.36. The Kier molecular flexibility index (Phi) is 5.39. The highest BCUT2D eigenvalue weighted by Gasteiger charge is 2.16. The van der Waals surface area contributed by atoms with Crippen molar-refractivity contribution in [3.05, 3.63) is 52.2 Å². The normalized spacial score (nSPS) is 12.3. The Morgan fingerprint density at radius 3 is 2.74 bits per heavy atom. The van der Waals surface area contributed by atoms with E-state index in [1.165, 1.54) is 5.56 Å². The molecule has 2 aromatic rings. The number of hydrogen-bond donors (Lipinski definition) is 1. The number of para-hydroxylation sites is 1. The monoisotopic (exact) mass is 277 g/mol. The number of nitrogens with one attached hydrogen (secondary N) is 1. The van der Waals surface area contributed by atoms with Gasteiger partial charge in [-0.2, -0.15) is 11.3 Å². The fourth-order valence-corrected chi connectivity index (χ4v) is 2.71. The first kappa shape index (κ1) is 14.1. The third kappa shape index (κ3) is 3.56. The molecule has 1 N–H and O–H groups in total.